The molecule has 1 saturated heterocycles. The fourth-order valence-corrected chi connectivity index (χ4v) is 4.73. The zero-order chi connectivity index (χ0) is 25.8. The van der Waals surface area contributed by atoms with Crippen molar-refractivity contribution in [2.45, 2.75) is 12.3 Å². The van der Waals surface area contributed by atoms with Gasteiger partial charge in [-0.25, -0.2) is 9.97 Å². The van der Waals surface area contributed by atoms with E-state index in [1.165, 1.54) is 19.8 Å². The standard InChI is InChI=1S/C27H30N6O4/c1-35-13-12-33-11-9-19(16-33)17-4-6-20(7-5-17)30-24-23-18(8-10-28-25(23)34)14-22(31-24)21-15-29-27(37-3)32-26(21)36-2/h4-8,10,14-15,19H,9,11-13,16H2,1-3H3,(H,28,34)(H,30,31). The van der Waals surface area contributed by atoms with Crippen LogP contribution >= 0.6 is 0 Å². The number of benzene rings is 1. The molecule has 10 heteroatoms. The number of likely N-dealkylation sites (tertiary alicyclic amines) is 1. The summed E-state index contributed by atoms with van der Waals surface area (Å²) in [7, 11) is 4.76. The van der Waals surface area contributed by atoms with Crippen molar-refractivity contribution in [1.29, 1.82) is 0 Å². The number of nitrogens with one attached hydrogen (secondary N) is 2. The average Bonchev–Trinajstić information content (AvgIpc) is 3.40. The van der Waals surface area contributed by atoms with Crippen molar-refractivity contribution in [3.8, 4) is 23.1 Å². The molecule has 1 aliphatic rings. The maximum absolute atomic E-state index is 12.8. The van der Waals surface area contributed by atoms with Crippen molar-refractivity contribution < 1.29 is 14.2 Å². The summed E-state index contributed by atoms with van der Waals surface area (Å²) >= 11 is 0. The Bertz CT molecular complexity index is 1440. The van der Waals surface area contributed by atoms with E-state index < -0.39 is 0 Å². The van der Waals surface area contributed by atoms with Crippen molar-refractivity contribution in [2.75, 3.05) is 52.9 Å². The van der Waals surface area contributed by atoms with Gasteiger partial charge in [-0.2, -0.15) is 4.98 Å². The van der Waals surface area contributed by atoms with Gasteiger partial charge >= 0.3 is 6.01 Å². The number of aromatic nitrogens is 4. The molecule has 0 bridgehead atoms. The maximum atomic E-state index is 12.8. The molecular formula is C27H30N6O4. The smallest absolute Gasteiger partial charge is 0.319 e. The van der Waals surface area contributed by atoms with Gasteiger partial charge < -0.3 is 29.4 Å². The molecule has 4 heterocycles. The Morgan fingerprint density at radius 2 is 1.95 bits per heavy atom. The Labute approximate surface area is 214 Å². The summed E-state index contributed by atoms with van der Waals surface area (Å²) in [4.78, 5) is 31.2. The van der Waals surface area contributed by atoms with Crippen molar-refractivity contribution >= 4 is 22.3 Å². The van der Waals surface area contributed by atoms with Gasteiger partial charge in [0.25, 0.3) is 5.56 Å². The summed E-state index contributed by atoms with van der Waals surface area (Å²) in [6, 6.07) is 12.2. The summed E-state index contributed by atoms with van der Waals surface area (Å²) in [6.45, 7) is 3.83. The number of nitrogens with zero attached hydrogens (tertiary/aromatic N) is 4. The summed E-state index contributed by atoms with van der Waals surface area (Å²) in [5.41, 5.74) is 3.07. The molecule has 10 nitrogen and oxygen atoms in total. The molecule has 1 fully saturated rings. The maximum Gasteiger partial charge on any atom is 0.319 e. The van der Waals surface area contributed by atoms with E-state index in [2.05, 4.69) is 37.3 Å². The lowest BCUT2D eigenvalue weighted by molar-refractivity contribution is 0.160. The third-order valence-electron chi connectivity index (χ3n) is 6.67. The van der Waals surface area contributed by atoms with Crippen molar-refractivity contribution in [3.63, 3.8) is 0 Å². The largest absolute Gasteiger partial charge is 0.480 e. The van der Waals surface area contributed by atoms with Gasteiger partial charge in [-0.1, -0.05) is 12.1 Å². The third kappa shape index (κ3) is 5.25. The van der Waals surface area contributed by atoms with Crippen LogP contribution in [0.1, 0.15) is 17.9 Å². The number of H-pyrrole nitrogens is 1. The molecule has 0 radical (unpaired) electrons. The molecule has 1 atom stereocenters. The van der Waals surface area contributed by atoms with E-state index in [0.29, 0.717) is 34.3 Å². The number of rotatable bonds is 9. The molecule has 5 rings (SSSR count). The van der Waals surface area contributed by atoms with E-state index >= 15 is 0 Å². The number of anilines is 2. The summed E-state index contributed by atoms with van der Waals surface area (Å²) in [5.74, 6) is 1.26. The highest BCUT2D eigenvalue weighted by molar-refractivity contribution is 5.95. The lowest BCUT2D eigenvalue weighted by Gasteiger charge is -2.16. The number of fused-ring (bicyclic) bond motifs is 1. The quantitative estimate of drug-likeness (QED) is 0.354. The molecule has 0 saturated carbocycles. The van der Waals surface area contributed by atoms with Gasteiger partial charge in [-0.05, 0) is 54.1 Å². The zero-order valence-corrected chi connectivity index (χ0v) is 21.2. The predicted molar refractivity (Wildman–Crippen MR) is 142 cm³/mol. The molecule has 0 amide bonds. The van der Waals surface area contributed by atoms with Crippen molar-refractivity contribution in [2.24, 2.45) is 0 Å². The highest BCUT2D eigenvalue weighted by Gasteiger charge is 2.23. The molecule has 4 aromatic rings. The number of hydrogen-bond donors (Lipinski definition) is 2. The Kier molecular flexibility index (Phi) is 7.29. The van der Waals surface area contributed by atoms with Crippen molar-refractivity contribution in [3.05, 3.63) is 64.7 Å². The minimum atomic E-state index is -0.226. The lowest BCUT2D eigenvalue weighted by Crippen LogP contribution is -2.24. The minimum Gasteiger partial charge on any atom is -0.480 e. The van der Waals surface area contributed by atoms with Gasteiger partial charge in [0.2, 0.25) is 5.88 Å². The van der Waals surface area contributed by atoms with E-state index in [1.54, 1.807) is 19.5 Å². The van der Waals surface area contributed by atoms with Gasteiger partial charge in [0.15, 0.2) is 0 Å². The van der Waals surface area contributed by atoms with Crippen LogP contribution in [-0.2, 0) is 4.74 Å². The topological polar surface area (TPSA) is 114 Å². The fraction of sp³-hybridized carbons (Fsp3) is 0.333. The monoisotopic (exact) mass is 502 g/mol. The number of pyridine rings is 2. The second-order valence-electron chi connectivity index (χ2n) is 8.93. The van der Waals surface area contributed by atoms with Gasteiger partial charge in [-0.15, -0.1) is 0 Å². The SMILES string of the molecule is COCCN1CCC(c2ccc(Nc3nc(-c4cnc(OC)nc4OC)cc4cc[nH]c(=O)c34)cc2)C1. The highest BCUT2D eigenvalue weighted by atomic mass is 16.5. The second kappa shape index (κ2) is 10.9. The average molecular weight is 503 g/mol. The number of aromatic amines is 1. The minimum absolute atomic E-state index is 0.195. The van der Waals surface area contributed by atoms with Crippen LogP contribution < -0.4 is 20.3 Å². The highest BCUT2D eigenvalue weighted by Crippen LogP contribution is 2.33. The van der Waals surface area contributed by atoms with E-state index in [9.17, 15) is 4.79 Å². The molecular weight excluding hydrogens is 472 g/mol. The Morgan fingerprint density at radius 1 is 1.11 bits per heavy atom. The first-order valence-electron chi connectivity index (χ1n) is 12.2. The van der Waals surface area contributed by atoms with Gasteiger partial charge in [0, 0.05) is 38.3 Å². The Balaban J connectivity index is 1.45. The zero-order valence-electron chi connectivity index (χ0n) is 21.2. The van der Waals surface area contributed by atoms with Gasteiger partial charge in [0.05, 0.1) is 37.5 Å². The van der Waals surface area contributed by atoms with E-state index in [0.717, 1.165) is 43.7 Å². The van der Waals surface area contributed by atoms with Crippen LogP contribution in [-0.4, -0.2) is 72.4 Å². The van der Waals surface area contributed by atoms with Crippen LogP contribution in [0.3, 0.4) is 0 Å². The first kappa shape index (κ1) is 24.7. The molecule has 0 aliphatic carbocycles. The van der Waals surface area contributed by atoms with Crippen molar-refractivity contribution in [1.82, 2.24) is 24.8 Å². The molecule has 1 aromatic carbocycles. The first-order valence-corrected chi connectivity index (χ1v) is 12.2. The lowest BCUT2D eigenvalue weighted by atomic mass is 9.98. The van der Waals surface area contributed by atoms with Crippen LogP contribution in [0.25, 0.3) is 22.0 Å². The summed E-state index contributed by atoms with van der Waals surface area (Å²) in [5, 5.41) is 4.54. The number of ether oxygens (including phenoxy) is 3. The van der Waals surface area contributed by atoms with Crippen LogP contribution in [0.5, 0.6) is 11.9 Å². The molecule has 37 heavy (non-hydrogen) atoms. The molecule has 1 aliphatic heterocycles. The van der Waals surface area contributed by atoms with Gasteiger partial charge in [-0.3, -0.25) is 4.79 Å². The third-order valence-corrected chi connectivity index (χ3v) is 6.67. The second-order valence-corrected chi connectivity index (χ2v) is 8.93. The molecule has 1 unspecified atom stereocenters. The number of hydrogen-bond acceptors (Lipinski definition) is 9. The molecule has 192 valence electrons. The van der Waals surface area contributed by atoms with Gasteiger partial charge in [0.1, 0.15) is 5.82 Å². The summed E-state index contributed by atoms with van der Waals surface area (Å²) < 4.78 is 15.8. The van der Waals surface area contributed by atoms with E-state index in [-0.39, 0.29) is 11.6 Å². The Hall–Kier alpha value is -4.02. The summed E-state index contributed by atoms with van der Waals surface area (Å²) in [6.07, 6.45) is 4.35. The van der Waals surface area contributed by atoms with Crippen LogP contribution in [0.15, 0.2) is 53.6 Å². The van der Waals surface area contributed by atoms with Crippen LogP contribution in [0, 0.1) is 0 Å². The van der Waals surface area contributed by atoms with Crippen LogP contribution in [0.4, 0.5) is 11.5 Å². The normalized spacial score (nSPS) is 15.7. The van der Waals surface area contributed by atoms with Crippen LogP contribution in [0.2, 0.25) is 0 Å². The van der Waals surface area contributed by atoms with E-state index in [4.69, 9.17) is 19.2 Å². The Morgan fingerprint density at radius 3 is 2.70 bits per heavy atom. The molecule has 2 N–H and O–H groups in total. The molecule has 0 spiro atoms. The molecule has 3 aromatic heterocycles. The first-order chi connectivity index (χ1) is 18.1. The van der Waals surface area contributed by atoms with E-state index in [1.807, 2.05) is 24.3 Å². The fourth-order valence-electron chi connectivity index (χ4n) is 4.73. The number of methoxy groups -OCH3 is 3. The predicted octanol–water partition coefficient (Wildman–Crippen LogP) is 3.58.